The van der Waals surface area contributed by atoms with E-state index in [1.165, 1.54) is 19.3 Å². The number of amides is 1. The molecule has 22 heavy (non-hydrogen) atoms. The number of rotatable bonds is 4. The number of hydrogen-bond acceptors (Lipinski definition) is 2. The van der Waals surface area contributed by atoms with Gasteiger partial charge >= 0.3 is 0 Å². The number of aromatic nitrogens is 2. The lowest BCUT2D eigenvalue weighted by Gasteiger charge is -2.23. The second kappa shape index (κ2) is 6.77. The Morgan fingerprint density at radius 2 is 1.95 bits per heavy atom. The zero-order valence-corrected chi connectivity index (χ0v) is 13.0. The standard InChI is InChI=1S/C18H23N3O/c1-14(20-18(22)16-5-3-2-4-6-16)15-7-9-17(10-8-15)21-12-11-19-13-21/h7-14,16H,2-6H2,1H3,(H,20,22)/t14-/m0/s1. The average molecular weight is 297 g/mol. The number of carbonyl (C=O) groups is 1. The van der Waals surface area contributed by atoms with E-state index in [4.69, 9.17) is 0 Å². The maximum atomic E-state index is 12.3. The number of hydrogen-bond donors (Lipinski definition) is 1. The van der Waals surface area contributed by atoms with Crippen molar-refractivity contribution in [1.29, 1.82) is 0 Å². The Bertz CT molecular complexity index is 598. The van der Waals surface area contributed by atoms with Gasteiger partial charge in [0.05, 0.1) is 12.4 Å². The molecule has 0 bridgehead atoms. The van der Waals surface area contributed by atoms with Crippen LogP contribution in [0.4, 0.5) is 0 Å². The number of nitrogens with one attached hydrogen (secondary N) is 1. The molecule has 1 fully saturated rings. The predicted octanol–water partition coefficient (Wildman–Crippen LogP) is 3.63. The molecule has 1 amide bonds. The lowest BCUT2D eigenvalue weighted by molar-refractivity contribution is -0.126. The Morgan fingerprint density at radius 1 is 1.23 bits per heavy atom. The Kier molecular flexibility index (Phi) is 4.56. The third kappa shape index (κ3) is 3.38. The molecule has 3 rings (SSSR count). The lowest BCUT2D eigenvalue weighted by Crippen LogP contribution is -2.33. The van der Waals surface area contributed by atoms with Gasteiger partial charge in [0, 0.05) is 24.0 Å². The summed E-state index contributed by atoms with van der Waals surface area (Å²) in [7, 11) is 0. The van der Waals surface area contributed by atoms with Gasteiger partial charge in [0.15, 0.2) is 0 Å². The summed E-state index contributed by atoms with van der Waals surface area (Å²) in [5.41, 5.74) is 2.21. The second-order valence-electron chi connectivity index (χ2n) is 6.13. The van der Waals surface area contributed by atoms with E-state index in [1.54, 1.807) is 12.5 Å². The van der Waals surface area contributed by atoms with Gasteiger partial charge in [-0.1, -0.05) is 31.4 Å². The summed E-state index contributed by atoms with van der Waals surface area (Å²) in [5.74, 6) is 0.423. The van der Waals surface area contributed by atoms with Crippen molar-refractivity contribution in [3.8, 4) is 5.69 Å². The van der Waals surface area contributed by atoms with Gasteiger partial charge in [0.1, 0.15) is 0 Å². The van der Waals surface area contributed by atoms with Gasteiger partial charge in [0.25, 0.3) is 0 Å². The molecule has 0 saturated heterocycles. The number of imidazole rings is 1. The van der Waals surface area contributed by atoms with Crippen LogP contribution in [-0.2, 0) is 4.79 Å². The molecule has 1 aliphatic rings. The summed E-state index contributed by atoms with van der Waals surface area (Å²) in [5, 5.41) is 3.16. The van der Waals surface area contributed by atoms with Crippen LogP contribution in [0.3, 0.4) is 0 Å². The van der Waals surface area contributed by atoms with Crippen molar-refractivity contribution >= 4 is 5.91 Å². The molecule has 0 radical (unpaired) electrons. The molecular formula is C18H23N3O. The first-order valence-electron chi connectivity index (χ1n) is 8.13. The topological polar surface area (TPSA) is 46.9 Å². The summed E-state index contributed by atoms with van der Waals surface area (Å²) in [4.78, 5) is 16.4. The van der Waals surface area contributed by atoms with E-state index in [2.05, 4.69) is 34.6 Å². The Morgan fingerprint density at radius 3 is 2.59 bits per heavy atom. The highest BCUT2D eigenvalue weighted by Gasteiger charge is 2.22. The van der Waals surface area contributed by atoms with Gasteiger partial charge < -0.3 is 9.88 Å². The lowest BCUT2D eigenvalue weighted by atomic mass is 9.88. The number of benzene rings is 1. The Balaban J connectivity index is 1.62. The molecule has 4 heteroatoms. The van der Waals surface area contributed by atoms with Crippen molar-refractivity contribution in [3.05, 3.63) is 48.5 Å². The van der Waals surface area contributed by atoms with Crippen LogP contribution in [0.1, 0.15) is 50.6 Å². The van der Waals surface area contributed by atoms with Gasteiger partial charge in [-0.25, -0.2) is 4.98 Å². The van der Waals surface area contributed by atoms with Gasteiger partial charge in [0.2, 0.25) is 5.91 Å². The SMILES string of the molecule is C[C@H](NC(=O)C1CCCCC1)c1ccc(-n2ccnc2)cc1. The fraction of sp³-hybridized carbons (Fsp3) is 0.444. The van der Waals surface area contributed by atoms with Crippen molar-refractivity contribution in [3.63, 3.8) is 0 Å². The van der Waals surface area contributed by atoms with Crippen LogP contribution in [0.5, 0.6) is 0 Å². The molecule has 1 saturated carbocycles. The molecule has 1 atom stereocenters. The van der Waals surface area contributed by atoms with E-state index >= 15 is 0 Å². The third-order valence-electron chi connectivity index (χ3n) is 4.53. The highest BCUT2D eigenvalue weighted by molar-refractivity contribution is 5.79. The number of carbonyl (C=O) groups excluding carboxylic acids is 1. The van der Waals surface area contributed by atoms with Crippen molar-refractivity contribution in [2.24, 2.45) is 5.92 Å². The molecule has 2 aromatic rings. The van der Waals surface area contributed by atoms with E-state index in [-0.39, 0.29) is 17.9 Å². The maximum Gasteiger partial charge on any atom is 0.223 e. The van der Waals surface area contributed by atoms with Crippen LogP contribution in [-0.4, -0.2) is 15.5 Å². The van der Waals surface area contributed by atoms with Crippen LogP contribution < -0.4 is 5.32 Å². The normalized spacial score (nSPS) is 17.1. The molecule has 1 heterocycles. The summed E-state index contributed by atoms with van der Waals surface area (Å²) in [6.07, 6.45) is 11.2. The molecule has 0 spiro atoms. The minimum atomic E-state index is 0.0475. The van der Waals surface area contributed by atoms with Gasteiger partial charge in [-0.2, -0.15) is 0 Å². The fourth-order valence-corrected chi connectivity index (χ4v) is 3.13. The fourth-order valence-electron chi connectivity index (χ4n) is 3.13. The maximum absolute atomic E-state index is 12.3. The molecule has 1 aliphatic carbocycles. The van der Waals surface area contributed by atoms with Gasteiger partial charge in [-0.05, 0) is 37.5 Å². The van der Waals surface area contributed by atoms with E-state index < -0.39 is 0 Å². The van der Waals surface area contributed by atoms with Crippen LogP contribution >= 0.6 is 0 Å². The largest absolute Gasteiger partial charge is 0.349 e. The van der Waals surface area contributed by atoms with E-state index in [0.717, 1.165) is 24.1 Å². The zero-order valence-electron chi connectivity index (χ0n) is 13.0. The average Bonchev–Trinajstić information content (AvgIpc) is 3.10. The molecule has 116 valence electrons. The first kappa shape index (κ1) is 14.8. The molecule has 1 aromatic carbocycles. The Labute approximate surface area is 131 Å². The molecule has 0 aliphatic heterocycles. The summed E-state index contributed by atoms with van der Waals surface area (Å²) < 4.78 is 1.97. The minimum Gasteiger partial charge on any atom is -0.349 e. The van der Waals surface area contributed by atoms with Crippen molar-refractivity contribution in [2.75, 3.05) is 0 Å². The first-order valence-corrected chi connectivity index (χ1v) is 8.13. The van der Waals surface area contributed by atoms with Crippen LogP contribution in [0, 0.1) is 5.92 Å². The summed E-state index contributed by atoms with van der Waals surface area (Å²) >= 11 is 0. The highest BCUT2D eigenvalue weighted by atomic mass is 16.1. The third-order valence-corrected chi connectivity index (χ3v) is 4.53. The molecule has 4 nitrogen and oxygen atoms in total. The zero-order chi connectivity index (χ0) is 15.4. The molecule has 0 unspecified atom stereocenters. The monoisotopic (exact) mass is 297 g/mol. The van der Waals surface area contributed by atoms with Crippen LogP contribution in [0.15, 0.2) is 43.0 Å². The van der Waals surface area contributed by atoms with E-state index in [0.29, 0.717) is 0 Å². The summed E-state index contributed by atoms with van der Waals surface area (Å²) in [6, 6.07) is 8.30. The minimum absolute atomic E-state index is 0.0475. The van der Waals surface area contributed by atoms with Crippen LogP contribution in [0.2, 0.25) is 0 Å². The first-order chi connectivity index (χ1) is 10.7. The number of nitrogens with zero attached hydrogens (tertiary/aromatic N) is 2. The van der Waals surface area contributed by atoms with Crippen LogP contribution in [0.25, 0.3) is 5.69 Å². The molecular weight excluding hydrogens is 274 g/mol. The van der Waals surface area contributed by atoms with E-state index in [9.17, 15) is 4.79 Å². The molecule has 1 aromatic heterocycles. The van der Waals surface area contributed by atoms with Gasteiger partial charge in [-0.15, -0.1) is 0 Å². The van der Waals surface area contributed by atoms with Crippen molar-refractivity contribution in [2.45, 2.75) is 45.1 Å². The van der Waals surface area contributed by atoms with Crippen molar-refractivity contribution in [1.82, 2.24) is 14.9 Å². The quantitative estimate of drug-likeness (QED) is 0.936. The predicted molar refractivity (Wildman–Crippen MR) is 86.7 cm³/mol. The smallest absolute Gasteiger partial charge is 0.223 e. The van der Waals surface area contributed by atoms with Crippen molar-refractivity contribution < 1.29 is 4.79 Å². The Hall–Kier alpha value is -2.10. The second-order valence-corrected chi connectivity index (χ2v) is 6.13. The highest BCUT2D eigenvalue weighted by Crippen LogP contribution is 2.25. The molecule has 1 N–H and O–H groups in total. The summed E-state index contributed by atoms with van der Waals surface area (Å²) in [6.45, 7) is 2.05. The van der Waals surface area contributed by atoms with E-state index in [1.807, 2.05) is 17.7 Å². The van der Waals surface area contributed by atoms with Gasteiger partial charge in [-0.3, -0.25) is 4.79 Å².